The summed E-state index contributed by atoms with van der Waals surface area (Å²) in [4.78, 5) is 13.1. The van der Waals surface area contributed by atoms with Crippen molar-refractivity contribution in [1.29, 1.82) is 0 Å². The van der Waals surface area contributed by atoms with Crippen LogP contribution in [0, 0.1) is 29.1 Å². The second kappa shape index (κ2) is 5.16. The summed E-state index contributed by atoms with van der Waals surface area (Å²) in [6.07, 6.45) is 1.86. The molecule has 1 heterocycles. The molecule has 0 radical (unpaired) electrons. The number of rotatable bonds is 0. The maximum Gasteiger partial charge on any atom is 0.190 e. The monoisotopic (exact) mass is 350 g/mol. The van der Waals surface area contributed by atoms with Gasteiger partial charge in [0.15, 0.2) is 5.78 Å². The number of carbonyl (C=O) groups excluding carboxylic acids is 1. The summed E-state index contributed by atoms with van der Waals surface area (Å²) in [5.74, 6) is -0.721. The van der Waals surface area contributed by atoms with Crippen LogP contribution in [0.2, 0.25) is 0 Å². The molecule has 0 bridgehead atoms. The maximum atomic E-state index is 13.1. The van der Waals surface area contributed by atoms with Crippen LogP contribution in [-0.4, -0.2) is 51.1 Å². The Morgan fingerprint density at radius 2 is 1.92 bits per heavy atom. The summed E-state index contributed by atoms with van der Waals surface area (Å²) >= 11 is 0. The van der Waals surface area contributed by atoms with Crippen LogP contribution in [0.4, 0.5) is 0 Å². The standard InChI is InChI=1S/C20H30O5/c1-10-7-13-12(18(13,3)4)5-6-19(9-25-19)17(23)14-15(21)11(2)8-20(14,24)16(10)22/h7,11-15,17,21,23-24H,5-6,8-9H2,1-4H3/b10-7+/t11-,12-,13+,14-,15-,17+,19+,20+/m0/s1. The summed E-state index contributed by atoms with van der Waals surface area (Å²) in [5, 5.41) is 33.0. The normalized spacial score (nSPS) is 56.4. The van der Waals surface area contributed by atoms with Crippen molar-refractivity contribution in [2.24, 2.45) is 29.1 Å². The smallest absolute Gasteiger partial charge is 0.190 e. The van der Waals surface area contributed by atoms with E-state index in [0.717, 1.165) is 6.42 Å². The van der Waals surface area contributed by atoms with Crippen molar-refractivity contribution in [3.63, 3.8) is 0 Å². The number of allylic oxidation sites excluding steroid dienone is 1. The van der Waals surface area contributed by atoms with Crippen molar-refractivity contribution < 1.29 is 24.9 Å². The zero-order valence-corrected chi connectivity index (χ0v) is 15.5. The first kappa shape index (κ1) is 17.7. The van der Waals surface area contributed by atoms with Crippen molar-refractivity contribution in [3.05, 3.63) is 11.6 Å². The Kier molecular flexibility index (Phi) is 3.64. The van der Waals surface area contributed by atoms with Crippen LogP contribution in [0.15, 0.2) is 11.6 Å². The summed E-state index contributed by atoms with van der Waals surface area (Å²) in [6, 6.07) is 0. The summed E-state index contributed by atoms with van der Waals surface area (Å²) < 4.78 is 5.66. The van der Waals surface area contributed by atoms with Crippen molar-refractivity contribution in [2.45, 2.75) is 70.4 Å². The molecule has 0 aromatic carbocycles. The van der Waals surface area contributed by atoms with E-state index in [2.05, 4.69) is 13.8 Å². The van der Waals surface area contributed by atoms with Crippen LogP contribution in [-0.2, 0) is 9.53 Å². The number of ether oxygens (including phenoxy) is 1. The molecule has 3 aliphatic carbocycles. The van der Waals surface area contributed by atoms with Gasteiger partial charge in [-0.05, 0) is 54.9 Å². The van der Waals surface area contributed by atoms with E-state index >= 15 is 0 Å². The molecule has 3 fully saturated rings. The molecule has 140 valence electrons. The van der Waals surface area contributed by atoms with Gasteiger partial charge in [-0.3, -0.25) is 4.79 Å². The summed E-state index contributed by atoms with van der Waals surface area (Å²) in [6.45, 7) is 8.42. The third kappa shape index (κ3) is 2.32. The molecule has 0 aromatic heterocycles. The number of epoxide rings is 1. The minimum Gasteiger partial charge on any atom is -0.392 e. The number of carbonyl (C=O) groups is 1. The van der Waals surface area contributed by atoms with Gasteiger partial charge < -0.3 is 20.1 Å². The molecular weight excluding hydrogens is 320 g/mol. The molecule has 2 saturated carbocycles. The topological polar surface area (TPSA) is 90.3 Å². The number of ketones is 1. The quantitative estimate of drug-likeness (QED) is 0.575. The van der Waals surface area contributed by atoms with Crippen LogP contribution in [0.3, 0.4) is 0 Å². The lowest BCUT2D eigenvalue weighted by Crippen LogP contribution is -2.54. The average Bonchev–Trinajstić information content (AvgIpc) is 3.39. The maximum absolute atomic E-state index is 13.1. The molecular formula is C20H30O5. The van der Waals surface area contributed by atoms with Crippen molar-refractivity contribution in [1.82, 2.24) is 0 Å². The molecule has 0 amide bonds. The fourth-order valence-corrected chi connectivity index (χ4v) is 5.71. The van der Waals surface area contributed by atoms with E-state index in [0.29, 0.717) is 30.4 Å². The molecule has 4 rings (SSSR count). The second-order valence-electron chi connectivity index (χ2n) is 9.59. The molecule has 8 atom stereocenters. The summed E-state index contributed by atoms with van der Waals surface area (Å²) in [7, 11) is 0. The van der Waals surface area contributed by atoms with Crippen LogP contribution in [0.1, 0.15) is 47.0 Å². The number of hydrogen-bond acceptors (Lipinski definition) is 5. The first-order chi connectivity index (χ1) is 11.5. The van der Waals surface area contributed by atoms with Crippen LogP contribution < -0.4 is 0 Å². The Balaban J connectivity index is 1.78. The Bertz CT molecular complexity index is 634. The van der Waals surface area contributed by atoms with Crippen molar-refractivity contribution in [2.75, 3.05) is 6.61 Å². The summed E-state index contributed by atoms with van der Waals surface area (Å²) in [5.41, 5.74) is -1.76. The Morgan fingerprint density at radius 1 is 1.28 bits per heavy atom. The van der Waals surface area contributed by atoms with Crippen LogP contribution >= 0.6 is 0 Å². The number of aliphatic hydroxyl groups excluding tert-OH is 2. The van der Waals surface area contributed by atoms with E-state index in [-0.39, 0.29) is 23.5 Å². The highest BCUT2D eigenvalue weighted by molar-refractivity contribution is 6.02. The molecule has 0 unspecified atom stereocenters. The van der Waals surface area contributed by atoms with E-state index in [1.807, 2.05) is 13.0 Å². The van der Waals surface area contributed by atoms with Gasteiger partial charge in [-0.25, -0.2) is 0 Å². The lowest BCUT2D eigenvalue weighted by molar-refractivity contribution is -0.150. The highest BCUT2D eigenvalue weighted by atomic mass is 16.6. The van der Waals surface area contributed by atoms with Crippen molar-refractivity contribution >= 4 is 5.78 Å². The fraction of sp³-hybridized carbons (Fsp3) is 0.850. The van der Waals surface area contributed by atoms with E-state index in [9.17, 15) is 20.1 Å². The molecule has 5 nitrogen and oxygen atoms in total. The van der Waals surface area contributed by atoms with Gasteiger partial charge in [-0.2, -0.15) is 0 Å². The van der Waals surface area contributed by atoms with Gasteiger partial charge >= 0.3 is 0 Å². The molecule has 3 N–H and O–H groups in total. The fourth-order valence-electron chi connectivity index (χ4n) is 5.71. The average molecular weight is 350 g/mol. The number of hydrogen-bond donors (Lipinski definition) is 3. The van der Waals surface area contributed by atoms with Gasteiger partial charge in [-0.15, -0.1) is 0 Å². The largest absolute Gasteiger partial charge is 0.392 e. The molecule has 1 spiro atoms. The highest BCUT2D eigenvalue weighted by Crippen LogP contribution is 2.63. The lowest BCUT2D eigenvalue weighted by atomic mass is 9.75. The number of Topliss-reactive ketones (excluding diaryl/α,β-unsaturated/α-hetero) is 1. The number of aliphatic hydroxyl groups is 3. The van der Waals surface area contributed by atoms with E-state index in [1.54, 1.807) is 6.92 Å². The van der Waals surface area contributed by atoms with E-state index in [4.69, 9.17) is 4.74 Å². The first-order valence-electron chi connectivity index (χ1n) is 9.50. The van der Waals surface area contributed by atoms with Gasteiger partial charge in [0.1, 0.15) is 11.2 Å². The predicted molar refractivity (Wildman–Crippen MR) is 91.7 cm³/mol. The van der Waals surface area contributed by atoms with Gasteiger partial charge in [0.2, 0.25) is 0 Å². The van der Waals surface area contributed by atoms with Gasteiger partial charge in [-0.1, -0.05) is 26.8 Å². The van der Waals surface area contributed by atoms with E-state index in [1.165, 1.54) is 0 Å². The zero-order chi connectivity index (χ0) is 18.4. The van der Waals surface area contributed by atoms with Crippen LogP contribution in [0.5, 0.6) is 0 Å². The molecule has 5 heteroatoms. The van der Waals surface area contributed by atoms with Gasteiger partial charge in [0.25, 0.3) is 0 Å². The lowest BCUT2D eigenvalue weighted by Gasteiger charge is -2.36. The van der Waals surface area contributed by atoms with Crippen LogP contribution in [0.25, 0.3) is 0 Å². The predicted octanol–water partition coefficient (Wildman–Crippen LogP) is 1.45. The highest BCUT2D eigenvalue weighted by Gasteiger charge is 2.66. The van der Waals surface area contributed by atoms with Gasteiger partial charge in [0.05, 0.1) is 24.7 Å². The molecule has 0 aromatic rings. The molecule has 25 heavy (non-hydrogen) atoms. The minimum atomic E-state index is -1.73. The first-order valence-corrected chi connectivity index (χ1v) is 9.50. The third-order valence-corrected chi connectivity index (χ3v) is 7.73. The number of fused-ring (bicyclic) bond motifs is 2. The van der Waals surface area contributed by atoms with Gasteiger partial charge in [0, 0.05) is 0 Å². The Morgan fingerprint density at radius 3 is 2.52 bits per heavy atom. The second-order valence-corrected chi connectivity index (χ2v) is 9.59. The zero-order valence-electron chi connectivity index (χ0n) is 15.5. The Hall–Kier alpha value is -0.750. The Labute approximate surface area is 149 Å². The molecule has 4 aliphatic rings. The third-order valence-electron chi connectivity index (χ3n) is 7.73. The SMILES string of the molecule is C/C1=C\[C@@H]2[C@H](CC[C@@]3(CO3)[C@H](O)[C@@H]3[C@@H](O)[C@@H](C)C[C@]3(O)C1=O)C2(C)C. The van der Waals surface area contributed by atoms with E-state index < -0.39 is 29.3 Å². The molecule has 1 aliphatic heterocycles. The molecule has 1 saturated heterocycles. The minimum absolute atomic E-state index is 0.131. The van der Waals surface area contributed by atoms with Crippen molar-refractivity contribution in [3.8, 4) is 0 Å².